The Kier molecular flexibility index (Phi) is 5.36. The molecule has 0 saturated carbocycles. The lowest BCUT2D eigenvalue weighted by Crippen LogP contribution is -2.25. The van der Waals surface area contributed by atoms with Gasteiger partial charge >= 0.3 is 5.97 Å². The molecule has 1 amide bonds. The molecule has 1 rings (SSSR count). The molecule has 1 N–H and O–H groups in total. The number of hydrogen-bond donors (Lipinski definition) is 1. The lowest BCUT2D eigenvalue weighted by Gasteiger charge is -2.17. The van der Waals surface area contributed by atoms with Gasteiger partial charge in [-0.3, -0.25) is 9.59 Å². The first-order chi connectivity index (χ1) is 8.54. The maximum atomic E-state index is 11.8. The van der Waals surface area contributed by atoms with Crippen molar-refractivity contribution in [2.24, 2.45) is 0 Å². The molecule has 0 aliphatic rings. The highest BCUT2D eigenvalue weighted by atomic mass is 16.4. The second-order valence-electron chi connectivity index (χ2n) is 4.27. The molecule has 98 valence electrons. The van der Waals surface area contributed by atoms with Crippen molar-refractivity contribution >= 4 is 17.6 Å². The van der Waals surface area contributed by atoms with Gasteiger partial charge in [0.25, 0.3) is 0 Å². The molecular weight excluding hydrogens is 230 g/mol. The topological polar surface area (TPSA) is 57.6 Å². The van der Waals surface area contributed by atoms with Crippen LogP contribution in [0.4, 0.5) is 5.69 Å². The third-order valence-electron chi connectivity index (χ3n) is 2.76. The Labute approximate surface area is 107 Å². The summed E-state index contributed by atoms with van der Waals surface area (Å²) in [5.41, 5.74) is 1.75. The Balaban J connectivity index is 2.74. The summed E-state index contributed by atoms with van der Waals surface area (Å²) in [5.74, 6) is -0.733. The molecule has 0 unspecified atom stereocenters. The standard InChI is InChI=1S/C14H19NO3/c1-3-5-13(16)15(2)12-7-4-6-11(10-12)8-9-14(17)18/h4,6-7,10H,3,5,8-9H2,1-2H3,(H,17,18). The van der Waals surface area contributed by atoms with Crippen LogP contribution >= 0.6 is 0 Å². The van der Waals surface area contributed by atoms with E-state index in [4.69, 9.17) is 5.11 Å². The predicted octanol–water partition coefficient (Wildman–Crippen LogP) is 2.47. The van der Waals surface area contributed by atoms with E-state index in [0.717, 1.165) is 17.7 Å². The average Bonchev–Trinajstić information content (AvgIpc) is 2.36. The number of rotatable bonds is 6. The van der Waals surface area contributed by atoms with Gasteiger partial charge in [0.2, 0.25) is 5.91 Å². The van der Waals surface area contributed by atoms with E-state index in [1.807, 2.05) is 31.2 Å². The zero-order chi connectivity index (χ0) is 13.5. The zero-order valence-electron chi connectivity index (χ0n) is 10.8. The molecule has 4 nitrogen and oxygen atoms in total. The smallest absolute Gasteiger partial charge is 0.303 e. The number of carboxylic acid groups (broad SMARTS) is 1. The number of aryl methyl sites for hydroxylation is 1. The number of carboxylic acids is 1. The predicted molar refractivity (Wildman–Crippen MR) is 70.7 cm³/mol. The van der Waals surface area contributed by atoms with Gasteiger partial charge in [0.05, 0.1) is 0 Å². The molecule has 0 saturated heterocycles. The second kappa shape index (κ2) is 6.79. The van der Waals surface area contributed by atoms with Gasteiger partial charge in [-0.1, -0.05) is 19.1 Å². The maximum Gasteiger partial charge on any atom is 0.303 e. The van der Waals surface area contributed by atoms with E-state index < -0.39 is 5.97 Å². The Morgan fingerprint density at radius 3 is 2.61 bits per heavy atom. The quantitative estimate of drug-likeness (QED) is 0.842. The highest BCUT2D eigenvalue weighted by molar-refractivity contribution is 5.92. The molecule has 0 heterocycles. The van der Waals surface area contributed by atoms with Crippen LogP contribution < -0.4 is 4.90 Å². The molecule has 18 heavy (non-hydrogen) atoms. The molecule has 0 spiro atoms. The molecule has 0 radical (unpaired) electrons. The Morgan fingerprint density at radius 1 is 1.28 bits per heavy atom. The summed E-state index contributed by atoms with van der Waals surface area (Å²) in [6.45, 7) is 1.97. The Bertz CT molecular complexity index is 429. The summed E-state index contributed by atoms with van der Waals surface area (Å²) in [5, 5.41) is 8.65. The number of anilines is 1. The van der Waals surface area contributed by atoms with Crippen LogP contribution in [0.25, 0.3) is 0 Å². The monoisotopic (exact) mass is 249 g/mol. The van der Waals surface area contributed by atoms with E-state index in [-0.39, 0.29) is 12.3 Å². The van der Waals surface area contributed by atoms with Gasteiger partial charge in [-0.15, -0.1) is 0 Å². The van der Waals surface area contributed by atoms with Crippen LogP contribution in [0.1, 0.15) is 31.7 Å². The number of aliphatic carboxylic acids is 1. The molecule has 0 aliphatic carbocycles. The highest BCUT2D eigenvalue weighted by Crippen LogP contribution is 2.17. The summed E-state index contributed by atoms with van der Waals surface area (Å²) in [7, 11) is 1.74. The fourth-order valence-electron chi connectivity index (χ4n) is 1.70. The van der Waals surface area contributed by atoms with Crippen LogP contribution in [0.5, 0.6) is 0 Å². The van der Waals surface area contributed by atoms with Gasteiger partial charge in [-0.25, -0.2) is 0 Å². The van der Waals surface area contributed by atoms with Crippen molar-refractivity contribution in [2.45, 2.75) is 32.6 Å². The zero-order valence-corrected chi connectivity index (χ0v) is 10.8. The number of carbonyl (C=O) groups is 2. The maximum absolute atomic E-state index is 11.8. The van der Waals surface area contributed by atoms with Gasteiger partial charge in [0, 0.05) is 25.6 Å². The first kappa shape index (κ1) is 14.2. The van der Waals surface area contributed by atoms with Crippen molar-refractivity contribution in [3.63, 3.8) is 0 Å². The van der Waals surface area contributed by atoms with Crippen LogP contribution in [0.3, 0.4) is 0 Å². The molecule has 0 bridgehead atoms. The lowest BCUT2D eigenvalue weighted by molar-refractivity contribution is -0.137. The first-order valence-corrected chi connectivity index (χ1v) is 6.12. The number of benzene rings is 1. The minimum atomic E-state index is -0.809. The number of nitrogens with zero attached hydrogens (tertiary/aromatic N) is 1. The molecular formula is C14H19NO3. The van der Waals surface area contributed by atoms with Crippen molar-refractivity contribution < 1.29 is 14.7 Å². The summed E-state index contributed by atoms with van der Waals surface area (Å²) in [6, 6.07) is 7.46. The highest BCUT2D eigenvalue weighted by Gasteiger charge is 2.10. The number of amides is 1. The first-order valence-electron chi connectivity index (χ1n) is 6.12. The van der Waals surface area contributed by atoms with Crippen molar-refractivity contribution in [3.05, 3.63) is 29.8 Å². The largest absolute Gasteiger partial charge is 0.481 e. The van der Waals surface area contributed by atoms with Gasteiger partial charge in [-0.2, -0.15) is 0 Å². The van der Waals surface area contributed by atoms with Gasteiger partial charge < -0.3 is 10.0 Å². The van der Waals surface area contributed by atoms with E-state index in [1.165, 1.54) is 0 Å². The van der Waals surface area contributed by atoms with Crippen LogP contribution in [0, 0.1) is 0 Å². The van der Waals surface area contributed by atoms with Crippen molar-refractivity contribution in [1.82, 2.24) is 0 Å². The van der Waals surface area contributed by atoms with Crippen LogP contribution in [-0.2, 0) is 16.0 Å². The molecule has 0 aromatic heterocycles. The molecule has 1 aromatic carbocycles. The van der Waals surface area contributed by atoms with Gasteiger partial charge in [-0.05, 0) is 30.5 Å². The summed E-state index contributed by atoms with van der Waals surface area (Å²) >= 11 is 0. The SMILES string of the molecule is CCCC(=O)N(C)c1cccc(CCC(=O)O)c1. The third-order valence-corrected chi connectivity index (χ3v) is 2.76. The molecule has 4 heteroatoms. The Morgan fingerprint density at radius 2 is 2.00 bits per heavy atom. The van der Waals surface area contributed by atoms with Gasteiger partial charge in [0.15, 0.2) is 0 Å². The summed E-state index contributed by atoms with van der Waals surface area (Å²) in [6.07, 6.45) is 1.94. The van der Waals surface area contributed by atoms with Crippen LogP contribution in [0.2, 0.25) is 0 Å². The fourth-order valence-corrected chi connectivity index (χ4v) is 1.70. The van der Waals surface area contributed by atoms with E-state index in [2.05, 4.69) is 0 Å². The van der Waals surface area contributed by atoms with E-state index >= 15 is 0 Å². The summed E-state index contributed by atoms with van der Waals surface area (Å²) < 4.78 is 0. The number of hydrogen-bond acceptors (Lipinski definition) is 2. The third kappa shape index (κ3) is 4.20. The average molecular weight is 249 g/mol. The van der Waals surface area contributed by atoms with E-state index in [0.29, 0.717) is 12.8 Å². The lowest BCUT2D eigenvalue weighted by atomic mass is 10.1. The van der Waals surface area contributed by atoms with E-state index in [9.17, 15) is 9.59 Å². The van der Waals surface area contributed by atoms with Crippen molar-refractivity contribution in [1.29, 1.82) is 0 Å². The van der Waals surface area contributed by atoms with Crippen LogP contribution in [-0.4, -0.2) is 24.0 Å². The van der Waals surface area contributed by atoms with Crippen LogP contribution in [0.15, 0.2) is 24.3 Å². The molecule has 0 fully saturated rings. The minimum Gasteiger partial charge on any atom is -0.481 e. The molecule has 0 aliphatic heterocycles. The molecule has 0 atom stereocenters. The van der Waals surface area contributed by atoms with Crippen molar-refractivity contribution in [2.75, 3.05) is 11.9 Å². The molecule has 1 aromatic rings. The van der Waals surface area contributed by atoms with E-state index in [1.54, 1.807) is 11.9 Å². The normalized spacial score (nSPS) is 10.1. The minimum absolute atomic E-state index is 0.0767. The Hall–Kier alpha value is -1.84. The van der Waals surface area contributed by atoms with Crippen molar-refractivity contribution in [3.8, 4) is 0 Å². The second-order valence-corrected chi connectivity index (χ2v) is 4.27. The summed E-state index contributed by atoms with van der Waals surface area (Å²) in [4.78, 5) is 23.9. The fraction of sp³-hybridized carbons (Fsp3) is 0.429. The number of carbonyl (C=O) groups excluding carboxylic acids is 1. The van der Waals surface area contributed by atoms with Gasteiger partial charge in [0.1, 0.15) is 0 Å².